The van der Waals surface area contributed by atoms with Crippen LogP contribution in [-0.4, -0.2) is 60.9 Å². The molecule has 23 heavy (non-hydrogen) atoms. The van der Waals surface area contributed by atoms with E-state index < -0.39 is 0 Å². The predicted molar refractivity (Wildman–Crippen MR) is 86.0 cm³/mol. The number of carbonyl (C=O) groups excluding carboxylic acids is 2. The third-order valence-electron chi connectivity index (χ3n) is 4.56. The van der Waals surface area contributed by atoms with Gasteiger partial charge < -0.3 is 15.0 Å². The minimum atomic E-state index is -0.316. The summed E-state index contributed by atoms with van der Waals surface area (Å²) in [5, 5.41) is 2.76. The molecule has 2 amide bonds. The highest BCUT2D eigenvalue weighted by Gasteiger charge is 2.32. The molecule has 2 heterocycles. The second-order valence-electron chi connectivity index (χ2n) is 6.07. The molecule has 0 saturated carbocycles. The number of hydrogen-bond donors (Lipinski definition) is 1. The Hall–Kier alpha value is -2.08. The van der Waals surface area contributed by atoms with Crippen molar-refractivity contribution in [1.29, 1.82) is 0 Å². The monoisotopic (exact) mass is 317 g/mol. The van der Waals surface area contributed by atoms with Crippen molar-refractivity contribution in [3.63, 3.8) is 0 Å². The zero-order valence-electron chi connectivity index (χ0n) is 13.5. The van der Waals surface area contributed by atoms with Crippen LogP contribution in [0.25, 0.3) is 0 Å². The van der Waals surface area contributed by atoms with Gasteiger partial charge in [-0.15, -0.1) is 0 Å². The van der Waals surface area contributed by atoms with E-state index in [0.717, 1.165) is 30.9 Å². The van der Waals surface area contributed by atoms with Crippen LogP contribution in [-0.2, 0) is 16.1 Å². The summed E-state index contributed by atoms with van der Waals surface area (Å²) in [6.07, 6.45) is 1.09. The molecule has 1 N–H and O–H groups in total. The van der Waals surface area contributed by atoms with Gasteiger partial charge in [0.15, 0.2) is 0 Å². The van der Waals surface area contributed by atoms with Crippen molar-refractivity contribution in [2.24, 2.45) is 0 Å². The third kappa shape index (κ3) is 3.64. The predicted octanol–water partition coefficient (Wildman–Crippen LogP) is 0.618. The maximum atomic E-state index is 12.4. The van der Waals surface area contributed by atoms with E-state index in [1.165, 1.54) is 0 Å². The Bertz CT molecular complexity index is 582. The first-order chi connectivity index (χ1) is 11.2. The van der Waals surface area contributed by atoms with Crippen molar-refractivity contribution >= 4 is 11.8 Å². The lowest BCUT2D eigenvalue weighted by atomic mass is 10.1. The van der Waals surface area contributed by atoms with Crippen molar-refractivity contribution in [1.82, 2.24) is 15.1 Å². The van der Waals surface area contributed by atoms with Gasteiger partial charge in [0.1, 0.15) is 11.8 Å². The molecule has 0 aromatic heterocycles. The highest BCUT2D eigenvalue weighted by Crippen LogP contribution is 2.20. The van der Waals surface area contributed by atoms with Crippen LogP contribution in [0, 0.1) is 0 Å². The molecular formula is C17H23N3O3. The molecule has 0 radical (unpaired) electrons. The van der Waals surface area contributed by atoms with Gasteiger partial charge in [0.05, 0.1) is 7.11 Å². The summed E-state index contributed by atoms with van der Waals surface area (Å²) in [5.74, 6) is 0.950. The third-order valence-corrected chi connectivity index (χ3v) is 4.56. The van der Waals surface area contributed by atoms with E-state index in [-0.39, 0.29) is 17.9 Å². The Balaban J connectivity index is 1.52. The van der Waals surface area contributed by atoms with Crippen molar-refractivity contribution in [3.05, 3.63) is 29.8 Å². The lowest BCUT2D eigenvalue weighted by Crippen LogP contribution is -2.53. The SMILES string of the molecule is COc1ccccc1CN1CCN(C(=O)[C@H]2CCC(=O)N2)CC1. The first kappa shape index (κ1) is 15.8. The fraction of sp³-hybridized carbons (Fsp3) is 0.529. The quantitative estimate of drug-likeness (QED) is 0.884. The van der Waals surface area contributed by atoms with Crippen LogP contribution in [0.15, 0.2) is 24.3 Å². The summed E-state index contributed by atoms with van der Waals surface area (Å²) in [6.45, 7) is 3.92. The van der Waals surface area contributed by atoms with Gasteiger partial charge in [0.2, 0.25) is 11.8 Å². The van der Waals surface area contributed by atoms with Gasteiger partial charge in [-0.1, -0.05) is 18.2 Å². The molecule has 3 rings (SSSR count). The number of hydrogen-bond acceptors (Lipinski definition) is 4. The Kier molecular flexibility index (Phi) is 4.81. The molecule has 0 aliphatic carbocycles. The van der Waals surface area contributed by atoms with E-state index in [0.29, 0.717) is 25.9 Å². The maximum absolute atomic E-state index is 12.4. The number of nitrogens with zero attached hydrogens (tertiary/aromatic N) is 2. The molecular weight excluding hydrogens is 294 g/mol. The number of rotatable bonds is 4. The lowest BCUT2D eigenvalue weighted by Gasteiger charge is -2.36. The van der Waals surface area contributed by atoms with Gasteiger partial charge >= 0.3 is 0 Å². The van der Waals surface area contributed by atoms with Crippen LogP contribution in [0.3, 0.4) is 0 Å². The van der Waals surface area contributed by atoms with Gasteiger partial charge in [-0.05, 0) is 12.5 Å². The first-order valence-corrected chi connectivity index (χ1v) is 8.10. The Morgan fingerprint density at radius 2 is 2.00 bits per heavy atom. The molecule has 2 aliphatic heterocycles. The minimum Gasteiger partial charge on any atom is -0.496 e. The molecule has 1 aromatic carbocycles. The highest BCUT2D eigenvalue weighted by molar-refractivity contribution is 5.90. The van der Waals surface area contributed by atoms with Gasteiger partial charge in [-0.2, -0.15) is 0 Å². The molecule has 0 unspecified atom stereocenters. The molecule has 2 fully saturated rings. The first-order valence-electron chi connectivity index (χ1n) is 8.10. The van der Waals surface area contributed by atoms with E-state index in [2.05, 4.69) is 16.3 Å². The zero-order valence-corrected chi connectivity index (χ0v) is 13.5. The number of para-hydroxylation sites is 1. The maximum Gasteiger partial charge on any atom is 0.245 e. The number of ether oxygens (including phenoxy) is 1. The molecule has 0 bridgehead atoms. The topological polar surface area (TPSA) is 61.9 Å². The van der Waals surface area contributed by atoms with Gasteiger partial charge in [0, 0.05) is 44.7 Å². The molecule has 2 aliphatic rings. The Morgan fingerprint density at radius 3 is 2.65 bits per heavy atom. The average Bonchev–Trinajstić information content (AvgIpc) is 3.02. The largest absolute Gasteiger partial charge is 0.496 e. The number of methoxy groups -OCH3 is 1. The normalized spacial score (nSPS) is 22.0. The van der Waals surface area contributed by atoms with Gasteiger partial charge in [-0.3, -0.25) is 14.5 Å². The summed E-state index contributed by atoms with van der Waals surface area (Å²) >= 11 is 0. The number of piperazine rings is 1. The second-order valence-corrected chi connectivity index (χ2v) is 6.07. The number of amides is 2. The van der Waals surface area contributed by atoms with Crippen molar-refractivity contribution < 1.29 is 14.3 Å². The Morgan fingerprint density at radius 1 is 1.26 bits per heavy atom. The molecule has 124 valence electrons. The van der Waals surface area contributed by atoms with E-state index >= 15 is 0 Å². The van der Waals surface area contributed by atoms with Crippen LogP contribution in [0.1, 0.15) is 18.4 Å². The van der Waals surface area contributed by atoms with E-state index in [4.69, 9.17) is 4.74 Å². The Labute approximate surface area is 136 Å². The van der Waals surface area contributed by atoms with E-state index in [1.54, 1.807) is 7.11 Å². The zero-order chi connectivity index (χ0) is 16.2. The number of nitrogens with one attached hydrogen (secondary N) is 1. The van der Waals surface area contributed by atoms with Crippen molar-refractivity contribution in [2.45, 2.75) is 25.4 Å². The highest BCUT2D eigenvalue weighted by atomic mass is 16.5. The smallest absolute Gasteiger partial charge is 0.245 e. The fourth-order valence-corrected chi connectivity index (χ4v) is 3.22. The fourth-order valence-electron chi connectivity index (χ4n) is 3.22. The van der Waals surface area contributed by atoms with Gasteiger partial charge in [-0.25, -0.2) is 0 Å². The average molecular weight is 317 g/mol. The summed E-state index contributed by atoms with van der Waals surface area (Å²) in [7, 11) is 1.69. The minimum absolute atomic E-state index is 0.0156. The molecule has 1 aromatic rings. The second kappa shape index (κ2) is 7.00. The summed E-state index contributed by atoms with van der Waals surface area (Å²) < 4.78 is 5.39. The van der Waals surface area contributed by atoms with Crippen LogP contribution >= 0.6 is 0 Å². The summed E-state index contributed by atoms with van der Waals surface area (Å²) in [5.41, 5.74) is 1.16. The standard InChI is InChI=1S/C17H23N3O3/c1-23-15-5-3-2-4-13(15)12-19-8-10-20(11-9-19)17(22)14-6-7-16(21)18-14/h2-5,14H,6-12H2,1H3,(H,18,21)/t14-/m1/s1. The van der Waals surface area contributed by atoms with Crippen molar-refractivity contribution in [2.75, 3.05) is 33.3 Å². The van der Waals surface area contributed by atoms with Crippen LogP contribution in [0.4, 0.5) is 0 Å². The molecule has 2 saturated heterocycles. The molecule has 1 atom stereocenters. The van der Waals surface area contributed by atoms with E-state index in [1.807, 2.05) is 23.1 Å². The molecule has 6 heteroatoms. The van der Waals surface area contributed by atoms with Crippen LogP contribution in [0.2, 0.25) is 0 Å². The van der Waals surface area contributed by atoms with Crippen LogP contribution in [0.5, 0.6) is 5.75 Å². The molecule has 0 spiro atoms. The number of benzene rings is 1. The molecule has 6 nitrogen and oxygen atoms in total. The number of carbonyl (C=O) groups is 2. The summed E-state index contributed by atoms with van der Waals surface area (Å²) in [6, 6.07) is 7.71. The van der Waals surface area contributed by atoms with Gasteiger partial charge in [0.25, 0.3) is 0 Å². The van der Waals surface area contributed by atoms with Crippen molar-refractivity contribution in [3.8, 4) is 5.75 Å². The lowest BCUT2D eigenvalue weighted by molar-refractivity contribution is -0.136. The summed E-state index contributed by atoms with van der Waals surface area (Å²) in [4.78, 5) is 27.8. The van der Waals surface area contributed by atoms with Crippen LogP contribution < -0.4 is 10.1 Å². The van der Waals surface area contributed by atoms with E-state index in [9.17, 15) is 9.59 Å².